The van der Waals surface area contributed by atoms with E-state index in [1.54, 1.807) is 0 Å². The monoisotopic (exact) mass is 236 g/mol. The molecule has 0 bridgehead atoms. The van der Waals surface area contributed by atoms with Gasteiger partial charge < -0.3 is 10.6 Å². The number of amides is 1. The molecule has 1 aromatic rings. The summed E-state index contributed by atoms with van der Waals surface area (Å²) in [4.78, 5) is 19.8. The van der Waals surface area contributed by atoms with Crippen molar-refractivity contribution in [3.05, 3.63) is 17.6 Å². The minimum absolute atomic E-state index is 0.0207. The zero-order valence-electron chi connectivity index (χ0n) is 10.9. The van der Waals surface area contributed by atoms with E-state index in [0.717, 1.165) is 5.69 Å². The highest BCUT2D eigenvalue weighted by Gasteiger charge is 2.03. The molecule has 0 aliphatic heterocycles. The van der Waals surface area contributed by atoms with Gasteiger partial charge in [0.15, 0.2) is 0 Å². The first-order valence-electron chi connectivity index (χ1n) is 5.80. The van der Waals surface area contributed by atoms with Crippen LogP contribution in [0.3, 0.4) is 0 Å². The molecule has 1 heterocycles. The van der Waals surface area contributed by atoms with Crippen LogP contribution in [0.25, 0.3) is 0 Å². The van der Waals surface area contributed by atoms with E-state index in [4.69, 9.17) is 0 Å². The number of carbonyl (C=O) groups excluding carboxylic acids is 1. The number of nitrogens with zero attached hydrogens (tertiary/aromatic N) is 2. The van der Waals surface area contributed by atoms with Crippen LogP contribution in [0.2, 0.25) is 0 Å². The molecule has 0 fully saturated rings. The predicted octanol–water partition coefficient (Wildman–Crippen LogP) is 1.28. The van der Waals surface area contributed by atoms with E-state index in [0.29, 0.717) is 24.1 Å². The van der Waals surface area contributed by atoms with Crippen LogP contribution in [0.15, 0.2) is 6.07 Å². The van der Waals surface area contributed by atoms with Crippen molar-refractivity contribution in [2.75, 3.05) is 18.4 Å². The molecule has 0 saturated carbocycles. The fourth-order valence-electron chi connectivity index (χ4n) is 1.36. The largest absolute Gasteiger partial charge is 0.361 e. The van der Waals surface area contributed by atoms with Crippen molar-refractivity contribution < 1.29 is 4.79 Å². The fourth-order valence-corrected chi connectivity index (χ4v) is 1.36. The maximum atomic E-state index is 11.5. The van der Waals surface area contributed by atoms with Gasteiger partial charge in [-0.15, -0.1) is 0 Å². The Bertz CT molecular complexity index is 370. The summed E-state index contributed by atoms with van der Waals surface area (Å²) in [5.74, 6) is 1.83. The highest BCUT2D eigenvalue weighted by Crippen LogP contribution is 2.04. The van der Waals surface area contributed by atoms with Gasteiger partial charge in [-0.05, 0) is 19.8 Å². The first-order valence-corrected chi connectivity index (χ1v) is 5.80. The van der Waals surface area contributed by atoms with Gasteiger partial charge >= 0.3 is 0 Å². The lowest BCUT2D eigenvalue weighted by atomic mass is 10.2. The van der Waals surface area contributed by atoms with E-state index in [-0.39, 0.29) is 12.5 Å². The Labute approximate surface area is 102 Å². The van der Waals surface area contributed by atoms with Gasteiger partial charge in [0.25, 0.3) is 0 Å². The highest BCUT2D eigenvalue weighted by molar-refractivity contribution is 5.80. The molecule has 0 spiro atoms. The van der Waals surface area contributed by atoms with Gasteiger partial charge in [0, 0.05) is 18.3 Å². The Balaban J connectivity index is 2.42. The molecule has 5 heteroatoms. The lowest BCUT2D eigenvalue weighted by Gasteiger charge is -2.09. The van der Waals surface area contributed by atoms with Crippen LogP contribution < -0.4 is 10.6 Å². The van der Waals surface area contributed by atoms with E-state index in [2.05, 4.69) is 34.4 Å². The lowest BCUT2D eigenvalue weighted by molar-refractivity contribution is -0.119. The molecule has 0 aromatic carbocycles. The zero-order chi connectivity index (χ0) is 12.8. The van der Waals surface area contributed by atoms with Crippen LogP contribution in [0, 0.1) is 19.8 Å². The number of anilines is 1. The van der Waals surface area contributed by atoms with Crippen molar-refractivity contribution in [3.63, 3.8) is 0 Å². The Kier molecular flexibility index (Phi) is 4.87. The average molecular weight is 236 g/mol. The molecule has 5 nitrogen and oxygen atoms in total. The standard InChI is InChI=1S/C12H20N4O/c1-8(2)6-14-12(17)7-13-11-5-9(3)15-10(4)16-11/h5,8H,6-7H2,1-4H3,(H,14,17)(H,13,15,16). The number of nitrogens with one attached hydrogen (secondary N) is 2. The second-order valence-electron chi connectivity index (χ2n) is 4.49. The Morgan fingerprint density at radius 1 is 1.35 bits per heavy atom. The van der Waals surface area contributed by atoms with E-state index in [9.17, 15) is 4.79 Å². The van der Waals surface area contributed by atoms with Crippen LogP contribution in [0.4, 0.5) is 5.82 Å². The van der Waals surface area contributed by atoms with Crippen molar-refractivity contribution in [1.82, 2.24) is 15.3 Å². The van der Waals surface area contributed by atoms with Gasteiger partial charge in [-0.2, -0.15) is 0 Å². The molecule has 1 aromatic heterocycles. The smallest absolute Gasteiger partial charge is 0.239 e. The lowest BCUT2D eigenvalue weighted by Crippen LogP contribution is -2.32. The minimum Gasteiger partial charge on any atom is -0.361 e. The first-order chi connectivity index (χ1) is 7.97. The quantitative estimate of drug-likeness (QED) is 0.808. The number of carbonyl (C=O) groups is 1. The summed E-state index contributed by atoms with van der Waals surface area (Å²) >= 11 is 0. The summed E-state index contributed by atoms with van der Waals surface area (Å²) in [7, 11) is 0. The molecular weight excluding hydrogens is 216 g/mol. The van der Waals surface area contributed by atoms with Crippen LogP contribution in [-0.2, 0) is 4.79 Å². The molecule has 0 radical (unpaired) electrons. The van der Waals surface area contributed by atoms with Gasteiger partial charge in [0.05, 0.1) is 6.54 Å². The Morgan fingerprint density at radius 2 is 2.06 bits per heavy atom. The normalized spacial score (nSPS) is 10.4. The molecular formula is C12H20N4O. The molecule has 1 rings (SSSR count). The van der Waals surface area contributed by atoms with Crippen LogP contribution >= 0.6 is 0 Å². The van der Waals surface area contributed by atoms with Crippen molar-refractivity contribution in [1.29, 1.82) is 0 Å². The summed E-state index contributed by atoms with van der Waals surface area (Å²) in [6.07, 6.45) is 0. The molecule has 0 aliphatic rings. The Morgan fingerprint density at radius 3 is 2.65 bits per heavy atom. The summed E-state index contributed by atoms with van der Waals surface area (Å²) in [6, 6.07) is 1.82. The molecule has 17 heavy (non-hydrogen) atoms. The fraction of sp³-hybridized carbons (Fsp3) is 0.583. The maximum absolute atomic E-state index is 11.5. The second kappa shape index (κ2) is 6.18. The number of aryl methyl sites for hydroxylation is 2. The summed E-state index contributed by atoms with van der Waals surface area (Å²) in [5, 5.41) is 5.82. The van der Waals surface area contributed by atoms with E-state index in [1.165, 1.54) is 0 Å². The first kappa shape index (κ1) is 13.4. The number of rotatable bonds is 5. The van der Waals surface area contributed by atoms with Crippen LogP contribution in [0.1, 0.15) is 25.4 Å². The topological polar surface area (TPSA) is 66.9 Å². The second-order valence-corrected chi connectivity index (χ2v) is 4.49. The van der Waals surface area contributed by atoms with Gasteiger partial charge in [-0.1, -0.05) is 13.8 Å². The van der Waals surface area contributed by atoms with Crippen molar-refractivity contribution in [2.24, 2.45) is 5.92 Å². The van der Waals surface area contributed by atoms with Crippen molar-refractivity contribution >= 4 is 11.7 Å². The van der Waals surface area contributed by atoms with E-state index < -0.39 is 0 Å². The predicted molar refractivity (Wildman–Crippen MR) is 67.8 cm³/mol. The third-order valence-corrected chi connectivity index (χ3v) is 2.10. The zero-order valence-corrected chi connectivity index (χ0v) is 10.9. The molecule has 1 amide bonds. The average Bonchev–Trinajstić information content (AvgIpc) is 2.22. The van der Waals surface area contributed by atoms with Gasteiger partial charge in [0.2, 0.25) is 5.91 Å². The molecule has 2 N–H and O–H groups in total. The van der Waals surface area contributed by atoms with Gasteiger partial charge in [-0.25, -0.2) is 9.97 Å². The Hall–Kier alpha value is -1.65. The number of hydrogen-bond acceptors (Lipinski definition) is 4. The number of aromatic nitrogens is 2. The van der Waals surface area contributed by atoms with Gasteiger partial charge in [-0.3, -0.25) is 4.79 Å². The molecule has 0 saturated heterocycles. The summed E-state index contributed by atoms with van der Waals surface area (Å²) < 4.78 is 0. The number of hydrogen-bond donors (Lipinski definition) is 2. The third-order valence-electron chi connectivity index (χ3n) is 2.10. The molecule has 0 aliphatic carbocycles. The minimum atomic E-state index is -0.0207. The molecule has 94 valence electrons. The SMILES string of the molecule is Cc1cc(NCC(=O)NCC(C)C)nc(C)n1. The van der Waals surface area contributed by atoms with Gasteiger partial charge in [0.1, 0.15) is 11.6 Å². The summed E-state index contributed by atoms with van der Waals surface area (Å²) in [6.45, 7) is 8.79. The van der Waals surface area contributed by atoms with Crippen molar-refractivity contribution in [3.8, 4) is 0 Å². The molecule has 0 unspecified atom stereocenters. The van der Waals surface area contributed by atoms with Crippen LogP contribution in [0.5, 0.6) is 0 Å². The highest BCUT2D eigenvalue weighted by atomic mass is 16.1. The third kappa shape index (κ3) is 5.29. The van der Waals surface area contributed by atoms with E-state index in [1.807, 2.05) is 19.9 Å². The van der Waals surface area contributed by atoms with E-state index >= 15 is 0 Å². The summed E-state index contributed by atoms with van der Waals surface area (Å²) in [5.41, 5.74) is 0.891. The van der Waals surface area contributed by atoms with Crippen molar-refractivity contribution in [2.45, 2.75) is 27.7 Å². The maximum Gasteiger partial charge on any atom is 0.239 e. The molecule has 0 atom stereocenters. The van der Waals surface area contributed by atoms with Crippen LogP contribution in [-0.4, -0.2) is 29.0 Å².